The van der Waals surface area contributed by atoms with Crippen LogP contribution in [0.4, 0.5) is 0 Å². The van der Waals surface area contributed by atoms with Gasteiger partial charge in [-0.3, -0.25) is 24.5 Å². The van der Waals surface area contributed by atoms with E-state index >= 15 is 0 Å². The molecule has 2 unspecified atom stereocenters. The minimum absolute atomic E-state index is 0.926. The second kappa shape index (κ2) is 6.51. The Labute approximate surface area is 100 Å². The van der Waals surface area contributed by atoms with Crippen LogP contribution in [0.15, 0.2) is 0 Å². The van der Waals surface area contributed by atoms with Crippen LogP contribution < -0.4 is 11.1 Å². The quantitative estimate of drug-likeness (QED) is 0.262. The van der Waals surface area contributed by atoms with Crippen LogP contribution >= 0.6 is 0 Å². The largest absolute Gasteiger partial charge is 0.481 e. The lowest BCUT2D eigenvalue weighted by Crippen LogP contribution is -2.56. The van der Waals surface area contributed by atoms with Gasteiger partial charge in [-0.1, -0.05) is 0 Å². The van der Waals surface area contributed by atoms with Crippen molar-refractivity contribution in [2.24, 2.45) is 5.73 Å². The summed E-state index contributed by atoms with van der Waals surface area (Å²) in [4.78, 5) is 42.4. The maximum atomic E-state index is 10.7. The SMILES string of the molecule is NC(=O)C(O)[C@H](NC(CC(=O)O)C(=O)O)C(=O)O. The predicted molar refractivity (Wildman–Crippen MR) is 53.4 cm³/mol. The second-order valence-corrected chi connectivity index (χ2v) is 3.32. The molecule has 0 aliphatic carbocycles. The number of rotatable bonds is 8. The highest BCUT2D eigenvalue weighted by Crippen LogP contribution is 2.00. The topological polar surface area (TPSA) is 187 Å². The van der Waals surface area contributed by atoms with Gasteiger partial charge < -0.3 is 26.2 Å². The highest BCUT2D eigenvalue weighted by atomic mass is 16.4. The number of hydrogen-bond acceptors (Lipinski definition) is 6. The van der Waals surface area contributed by atoms with E-state index in [2.05, 4.69) is 5.73 Å². The molecule has 0 bridgehead atoms. The maximum absolute atomic E-state index is 10.7. The van der Waals surface area contributed by atoms with Gasteiger partial charge >= 0.3 is 17.9 Å². The number of carbonyl (C=O) groups excluding carboxylic acids is 1. The molecule has 0 rings (SSSR count). The zero-order valence-corrected chi connectivity index (χ0v) is 8.94. The predicted octanol–water partition coefficient (Wildman–Crippen LogP) is -3.20. The van der Waals surface area contributed by atoms with Crippen LogP contribution in [0.2, 0.25) is 0 Å². The normalized spacial score (nSPS) is 15.4. The Morgan fingerprint density at radius 1 is 1.06 bits per heavy atom. The molecule has 0 saturated carbocycles. The molecule has 0 aliphatic heterocycles. The molecule has 0 aromatic carbocycles. The molecule has 1 amide bonds. The minimum atomic E-state index is -2.18. The van der Waals surface area contributed by atoms with E-state index in [-0.39, 0.29) is 0 Å². The molecular weight excluding hydrogens is 252 g/mol. The molecule has 3 atom stereocenters. The number of primary amides is 1. The summed E-state index contributed by atoms with van der Waals surface area (Å²) in [6.07, 6.45) is -3.11. The highest BCUT2D eigenvalue weighted by molar-refractivity contribution is 5.88. The van der Waals surface area contributed by atoms with E-state index in [0.717, 1.165) is 0 Å². The van der Waals surface area contributed by atoms with Gasteiger partial charge in [0.15, 0.2) is 6.10 Å². The van der Waals surface area contributed by atoms with Crippen LogP contribution in [0.25, 0.3) is 0 Å². The van der Waals surface area contributed by atoms with Crippen molar-refractivity contribution in [2.75, 3.05) is 0 Å². The molecule has 0 aliphatic rings. The monoisotopic (exact) mass is 264 g/mol. The van der Waals surface area contributed by atoms with E-state index in [9.17, 15) is 19.2 Å². The summed E-state index contributed by atoms with van der Waals surface area (Å²) in [7, 11) is 0. The van der Waals surface area contributed by atoms with Crippen molar-refractivity contribution >= 4 is 23.8 Å². The van der Waals surface area contributed by atoms with Crippen LogP contribution in [0.5, 0.6) is 0 Å². The van der Waals surface area contributed by atoms with Crippen molar-refractivity contribution < 1.29 is 39.6 Å². The first-order valence-electron chi connectivity index (χ1n) is 4.57. The number of hydrogen-bond donors (Lipinski definition) is 6. The van der Waals surface area contributed by atoms with Crippen molar-refractivity contribution in [2.45, 2.75) is 24.6 Å². The number of nitrogens with one attached hydrogen (secondary N) is 1. The number of aliphatic carboxylic acids is 3. The number of aliphatic hydroxyl groups excluding tert-OH is 1. The van der Waals surface area contributed by atoms with Crippen LogP contribution in [-0.4, -0.2) is 62.4 Å². The average Bonchev–Trinajstić information content (AvgIpc) is 2.21. The second-order valence-electron chi connectivity index (χ2n) is 3.32. The zero-order chi connectivity index (χ0) is 14.5. The van der Waals surface area contributed by atoms with E-state index in [1.165, 1.54) is 0 Å². The van der Waals surface area contributed by atoms with Crippen LogP contribution in [0.1, 0.15) is 6.42 Å². The average molecular weight is 264 g/mol. The molecule has 18 heavy (non-hydrogen) atoms. The van der Waals surface area contributed by atoms with E-state index in [0.29, 0.717) is 0 Å². The highest BCUT2D eigenvalue weighted by Gasteiger charge is 2.35. The van der Waals surface area contributed by atoms with Crippen molar-refractivity contribution in [3.05, 3.63) is 0 Å². The van der Waals surface area contributed by atoms with Crippen LogP contribution in [0, 0.1) is 0 Å². The van der Waals surface area contributed by atoms with Gasteiger partial charge in [-0.2, -0.15) is 0 Å². The first-order chi connectivity index (χ1) is 8.16. The number of carboxylic acids is 3. The molecule has 0 spiro atoms. The number of carbonyl (C=O) groups is 4. The third kappa shape index (κ3) is 4.76. The summed E-state index contributed by atoms with van der Waals surface area (Å²) in [5.41, 5.74) is 4.67. The van der Waals surface area contributed by atoms with E-state index < -0.39 is 48.4 Å². The summed E-state index contributed by atoms with van der Waals surface area (Å²) in [6.45, 7) is 0. The van der Waals surface area contributed by atoms with E-state index in [4.69, 9.17) is 20.4 Å². The summed E-state index contributed by atoms with van der Waals surface area (Å²) in [5.74, 6) is -6.25. The van der Waals surface area contributed by atoms with Gasteiger partial charge in [0.25, 0.3) is 0 Å². The standard InChI is InChI=1S/C8H12N2O8/c9-6(14)5(13)4(8(17)18)10-2(7(15)16)1-3(11)12/h2,4-5,10,13H,1H2,(H2,9,14)(H,11,12)(H,15,16)(H,17,18)/t2?,4-,5?/m0/s1. The van der Waals surface area contributed by atoms with Crippen molar-refractivity contribution in [1.29, 1.82) is 0 Å². The third-order valence-corrected chi connectivity index (χ3v) is 1.93. The fourth-order valence-corrected chi connectivity index (χ4v) is 1.07. The lowest BCUT2D eigenvalue weighted by molar-refractivity contribution is -0.151. The Balaban J connectivity index is 4.93. The fraction of sp³-hybridized carbons (Fsp3) is 0.500. The summed E-state index contributed by atoms with van der Waals surface area (Å²) in [6, 6.07) is -3.79. The lowest BCUT2D eigenvalue weighted by atomic mass is 10.1. The fourth-order valence-electron chi connectivity index (χ4n) is 1.07. The molecule has 10 nitrogen and oxygen atoms in total. The Bertz CT molecular complexity index is 368. The Morgan fingerprint density at radius 3 is 1.83 bits per heavy atom. The van der Waals surface area contributed by atoms with Crippen molar-refractivity contribution in [1.82, 2.24) is 5.32 Å². The van der Waals surface area contributed by atoms with E-state index in [1.807, 2.05) is 5.32 Å². The molecule has 0 fully saturated rings. The van der Waals surface area contributed by atoms with Gasteiger partial charge in [0, 0.05) is 0 Å². The summed E-state index contributed by atoms with van der Waals surface area (Å²) < 4.78 is 0. The van der Waals surface area contributed by atoms with Crippen LogP contribution in [0.3, 0.4) is 0 Å². The van der Waals surface area contributed by atoms with Gasteiger partial charge in [-0.05, 0) is 0 Å². The Kier molecular flexibility index (Phi) is 5.72. The number of carboxylic acid groups (broad SMARTS) is 3. The molecule has 0 heterocycles. The molecule has 7 N–H and O–H groups in total. The van der Waals surface area contributed by atoms with E-state index in [1.54, 1.807) is 0 Å². The third-order valence-electron chi connectivity index (χ3n) is 1.93. The molecule has 0 saturated heterocycles. The van der Waals surface area contributed by atoms with Crippen molar-refractivity contribution in [3.8, 4) is 0 Å². The van der Waals surface area contributed by atoms with Crippen LogP contribution in [-0.2, 0) is 19.2 Å². The molecule has 0 radical (unpaired) electrons. The number of aliphatic hydroxyl groups is 1. The maximum Gasteiger partial charge on any atom is 0.323 e. The Hall–Kier alpha value is -2.20. The molecule has 0 aromatic heterocycles. The smallest absolute Gasteiger partial charge is 0.323 e. The first-order valence-corrected chi connectivity index (χ1v) is 4.57. The molecule has 10 heteroatoms. The van der Waals surface area contributed by atoms with Gasteiger partial charge in [0.2, 0.25) is 5.91 Å². The zero-order valence-electron chi connectivity index (χ0n) is 8.94. The van der Waals surface area contributed by atoms with Gasteiger partial charge in [-0.25, -0.2) is 0 Å². The lowest BCUT2D eigenvalue weighted by Gasteiger charge is -2.21. The first kappa shape index (κ1) is 15.8. The molecular formula is C8H12N2O8. The van der Waals surface area contributed by atoms with Crippen molar-refractivity contribution in [3.63, 3.8) is 0 Å². The number of amides is 1. The van der Waals surface area contributed by atoms with Gasteiger partial charge in [0.05, 0.1) is 6.42 Å². The van der Waals surface area contributed by atoms with Gasteiger partial charge in [-0.15, -0.1) is 0 Å². The summed E-state index contributed by atoms with van der Waals surface area (Å²) >= 11 is 0. The number of nitrogens with two attached hydrogens (primary N) is 1. The summed E-state index contributed by atoms with van der Waals surface area (Å²) in [5, 5.41) is 36.8. The molecule has 102 valence electrons. The Morgan fingerprint density at radius 2 is 1.56 bits per heavy atom. The van der Waals surface area contributed by atoms with Gasteiger partial charge in [0.1, 0.15) is 12.1 Å². The minimum Gasteiger partial charge on any atom is -0.481 e. The molecule has 0 aromatic rings.